The molecule has 1 heterocycles. The molecule has 1 aliphatic rings. The zero-order chi connectivity index (χ0) is 20.8. The van der Waals surface area contributed by atoms with Crippen LogP contribution in [0.2, 0.25) is 0 Å². The number of nitrogens with zero attached hydrogens (tertiary/aromatic N) is 3. The van der Waals surface area contributed by atoms with Crippen LogP contribution in [0.1, 0.15) is 68.1 Å². The number of amides is 1. The van der Waals surface area contributed by atoms with Crippen LogP contribution in [0.5, 0.6) is 0 Å². The van der Waals surface area contributed by atoms with E-state index in [1.54, 1.807) is 11.8 Å². The van der Waals surface area contributed by atoms with Gasteiger partial charge in [-0.1, -0.05) is 37.7 Å². The Morgan fingerprint density at radius 3 is 2.62 bits per heavy atom. The summed E-state index contributed by atoms with van der Waals surface area (Å²) in [6.07, 6.45) is 2.48. The van der Waals surface area contributed by atoms with Gasteiger partial charge in [-0.2, -0.15) is 0 Å². The molecule has 0 radical (unpaired) electrons. The minimum Gasteiger partial charge on any atom is -0.357 e. The third-order valence-corrected chi connectivity index (χ3v) is 6.11. The van der Waals surface area contributed by atoms with E-state index in [2.05, 4.69) is 50.0 Å². The van der Waals surface area contributed by atoms with Gasteiger partial charge in [-0.15, -0.1) is 0 Å². The second-order valence-electron chi connectivity index (χ2n) is 7.90. The van der Waals surface area contributed by atoms with E-state index >= 15 is 0 Å². The van der Waals surface area contributed by atoms with E-state index < -0.39 is 0 Å². The molecule has 0 spiro atoms. The summed E-state index contributed by atoms with van der Waals surface area (Å²) >= 11 is 1.63. The Hall–Kier alpha value is -2.08. The Balaban J connectivity index is 1.69. The van der Waals surface area contributed by atoms with Gasteiger partial charge in [0.25, 0.3) is 5.91 Å². The van der Waals surface area contributed by atoms with Gasteiger partial charge in [0.2, 0.25) is 0 Å². The zero-order valence-electron chi connectivity index (χ0n) is 17.9. The van der Waals surface area contributed by atoms with Crippen LogP contribution in [0.4, 0.5) is 5.82 Å². The fourth-order valence-corrected chi connectivity index (χ4v) is 3.91. The quantitative estimate of drug-likeness (QED) is 0.445. The predicted molar refractivity (Wildman–Crippen MR) is 121 cm³/mol. The number of aromatic nitrogens is 2. The highest BCUT2D eigenvalue weighted by Crippen LogP contribution is 2.28. The van der Waals surface area contributed by atoms with Crippen molar-refractivity contribution >= 4 is 23.5 Å². The van der Waals surface area contributed by atoms with Gasteiger partial charge >= 0.3 is 0 Å². The molecular weight excluding hydrogens is 380 g/mol. The van der Waals surface area contributed by atoms with Crippen molar-refractivity contribution < 1.29 is 4.79 Å². The number of carbonyl (C=O) groups excluding carboxylic acids is 1. The van der Waals surface area contributed by atoms with Crippen LogP contribution in [0.15, 0.2) is 35.5 Å². The van der Waals surface area contributed by atoms with Crippen molar-refractivity contribution in [1.82, 2.24) is 15.3 Å². The molecule has 5 nitrogen and oxygen atoms in total. The van der Waals surface area contributed by atoms with E-state index in [1.165, 1.54) is 12.8 Å². The van der Waals surface area contributed by atoms with Gasteiger partial charge in [-0.3, -0.25) is 4.79 Å². The molecule has 0 aliphatic heterocycles. The van der Waals surface area contributed by atoms with Crippen molar-refractivity contribution in [2.45, 2.75) is 57.4 Å². The SMILES string of the molecule is CCN(CC)c1cc(C(C)C)nc(SCc2cccc(C(=O)NCC3CC3)c2)n1. The van der Waals surface area contributed by atoms with Gasteiger partial charge in [0, 0.05) is 42.7 Å². The van der Waals surface area contributed by atoms with Gasteiger partial charge in [0.05, 0.1) is 0 Å². The first-order chi connectivity index (χ1) is 14.0. The molecule has 3 rings (SSSR count). The first-order valence-electron chi connectivity index (χ1n) is 10.6. The third kappa shape index (κ3) is 6.20. The zero-order valence-corrected chi connectivity index (χ0v) is 18.8. The Morgan fingerprint density at radius 2 is 1.97 bits per heavy atom. The van der Waals surface area contributed by atoms with Gasteiger partial charge in [-0.05, 0) is 56.2 Å². The van der Waals surface area contributed by atoms with Crippen molar-refractivity contribution in [3.63, 3.8) is 0 Å². The summed E-state index contributed by atoms with van der Waals surface area (Å²) in [7, 11) is 0. The molecule has 1 N–H and O–H groups in total. The predicted octanol–water partition coefficient (Wildman–Crippen LogP) is 4.88. The number of thioether (sulfide) groups is 1. The van der Waals surface area contributed by atoms with Crippen LogP contribution in [0, 0.1) is 5.92 Å². The van der Waals surface area contributed by atoms with Gasteiger partial charge in [-0.25, -0.2) is 9.97 Å². The smallest absolute Gasteiger partial charge is 0.251 e. The van der Waals surface area contributed by atoms with Crippen LogP contribution < -0.4 is 10.2 Å². The molecule has 0 bridgehead atoms. The fourth-order valence-electron chi connectivity index (χ4n) is 3.11. The average molecular weight is 413 g/mol. The molecule has 1 fully saturated rings. The lowest BCUT2D eigenvalue weighted by molar-refractivity contribution is 0.0951. The largest absolute Gasteiger partial charge is 0.357 e. The monoisotopic (exact) mass is 412 g/mol. The van der Waals surface area contributed by atoms with E-state index in [0.717, 1.165) is 53.2 Å². The molecule has 1 saturated carbocycles. The van der Waals surface area contributed by atoms with E-state index in [-0.39, 0.29) is 5.91 Å². The van der Waals surface area contributed by atoms with Crippen molar-refractivity contribution in [2.75, 3.05) is 24.5 Å². The van der Waals surface area contributed by atoms with Crippen LogP contribution in [0.3, 0.4) is 0 Å². The van der Waals surface area contributed by atoms with Crippen LogP contribution >= 0.6 is 11.8 Å². The maximum atomic E-state index is 12.4. The van der Waals surface area contributed by atoms with Crippen LogP contribution in [-0.4, -0.2) is 35.5 Å². The number of rotatable bonds is 10. The summed E-state index contributed by atoms with van der Waals surface area (Å²) in [5.41, 5.74) is 2.90. The van der Waals surface area contributed by atoms with Crippen molar-refractivity contribution in [3.05, 3.63) is 47.2 Å². The van der Waals surface area contributed by atoms with Crippen molar-refractivity contribution in [2.24, 2.45) is 5.92 Å². The Labute approximate surface area is 178 Å². The maximum absolute atomic E-state index is 12.4. The topological polar surface area (TPSA) is 58.1 Å². The van der Waals surface area contributed by atoms with Crippen LogP contribution in [-0.2, 0) is 5.75 Å². The molecule has 1 amide bonds. The lowest BCUT2D eigenvalue weighted by Crippen LogP contribution is -2.25. The van der Waals surface area contributed by atoms with E-state index in [0.29, 0.717) is 11.8 Å². The molecule has 156 valence electrons. The molecule has 0 unspecified atom stereocenters. The minimum atomic E-state index is 0.0191. The summed E-state index contributed by atoms with van der Waals surface area (Å²) in [6.45, 7) is 11.3. The average Bonchev–Trinajstić information content (AvgIpc) is 3.56. The lowest BCUT2D eigenvalue weighted by Gasteiger charge is -2.21. The Bertz CT molecular complexity index is 831. The molecule has 0 atom stereocenters. The summed E-state index contributed by atoms with van der Waals surface area (Å²) in [4.78, 5) is 24.2. The second-order valence-corrected chi connectivity index (χ2v) is 8.85. The summed E-state index contributed by atoms with van der Waals surface area (Å²) < 4.78 is 0. The van der Waals surface area contributed by atoms with E-state index in [4.69, 9.17) is 9.97 Å². The lowest BCUT2D eigenvalue weighted by atomic mass is 10.1. The van der Waals surface area contributed by atoms with E-state index in [9.17, 15) is 4.79 Å². The molecule has 1 aliphatic carbocycles. The molecule has 6 heteroatoms. The summed E-state index contributed by atoms with van der Waals surface area (Å²) in [6, 6.07) is 9.97. The summed E-state index contributed by atoms with van der Waals surface area (Å²) in [5.74, 6) is 2.78. The van der Waals surface area contributed by atoms with Gasteiger partial charge in [0.15, 0.2) is 5.16 Å². The van der Waals surface area contributed by atoms with Crippen molar-refractivity contribution in [3.8, 4) is 0 Å². The highest BCUT2D eigenvalue weighted by molar-refractivity contribution is 7.98. The Morgan fingerprint density at radius 1 is 1.21 bits per heavy atom. The number of hydrogen-bond donors (Lipinski definition) is 1. The van der Waals surface area contributed by atoms with E-state index in [1.807, 2.05) is 18.2 Å². The summed E-state index contributed by atoms with van der Waals surface area (Å²) in [5, 5.41) is 3.83. The number of benzene rings is 1. The molecule has 1 aromatic heterocycles. The first-order valence-corrected chi connectivity index (χ1v) is 11.6. The number of carbonyl (C=O) groups is 1. The van der Waals surface area contributed by atoms with Gasteiger partial charge in [0.1, 0.15) is 5.82 Å². The third-order valence-electron chi connectivity index (χ3n) is 5.20. The Kier molecular flexibility index (Phi) is 7.53. The minimum absolute atomic E-state index is 0.0191. The second kappa shape index (κ2) is 10.1. The number of nitrogens with one attached hydrogen (secondary N) is 1. The first kappa shape index (κ1) is 21.6. The molecule has 1 aromatic carbocycles. The fraction of sp³-hybridized carbons (Fsp3) is 0.522. The highest BCUT2D eigenvalue weighted by Gasteiger charge is 2.22. The van der Waals surface area contributed by atoms with Gasteiger partial charge < -0.3 is 10.2 Å². The maximum Gasteiger partial charge on any atom is 0.251 e. The molecule has 29 heavy (non-hydrogen) atoms. The molecule has 2 aromatic rings. The number of anilines is 1. The standard InChI is InChI=1S/C23H32N4OS/c1-5-27(6-2)21-13-20(16(3)4)25-23(26-21)29-15-18-8-7-9-19(12-18)22(28)24-14-17-10-11-17/h7-9,12-13,16-17H,5-6,10-11,14-15H2,1-4H3,(H,24,28). The highest BCUT2D eigenvalue weighted by atomic mass is 32.2. The van der Waals surface area contributed by atoms with Crippen molar-refractivity contribution in [1.29, 1.82) is 0 Å². The number of hydrogen-bond acceptors (Lipinski definition) is 5. The normalized spacial score (nSPS) is 13.6. The molecular formula is C23H32N4OS. The molecule has 0 saturated heterocycles. The van der Waals surface area contributed by atoms with Crippen LogP contribution in [0.25, 0.3) is 0 Å².